The molecule has 0 aromatic carbocycles. The summed E-state index contributed by atoms with van der Waals surface area (Å²) in [5.41, 5.74) is 0.742. The van der Waals surface area contributed by atoms with Crippen molar-refractivity contribution >= 4 is 17.3 Å². The first-order chi connectivity index (χ1) is 12.7. The summed E-state index contributed by atoms with van der Waals surface area (Å²) < 4.78 is 41.4. The lowest BCUT2D eigenvalue weighted by Gasteiger charge is -2.17. The molecule has 9 heteroatoms. The second-order valence-electron chi connectivity index (χ2n) is 6.09. The number of ether oxygens (including phenoxy) is 1. The third-order valence-corrected chi connectivity index (χ3v) is 4.58. The van der Waals surface area contributed by atoms with Crippen molar-refractivity contribution in [3.05, 3.63) is 45.8 Å². The van der Waals surface area contributed by atoms with Gasteiger partial charge in [0.15, 0.2) is 12.6 Å². The van der Waals surface area contributed by atoms with Crippen molar-refractivity contribution < 1.29 is 17.9 Å². The van der Waals surface area contributed by atoms with E-state index in [-0.39, 0.29) is 11.9 Å². The number of guanidine groups is 1. The van der Waals surface area contributed by atoms with E-state index < -0.39 is 12.8 Å². The van der Waals surface area contributed by atoms with E-state index in [0.717, 1.165) is 12.0 Å². The molecule has 27 heavy (non-hydrogen) atoms. The van der Waals surface area contributed by atoms with Gasteiger partial charge < -0.3 is 15.4 Å². The molecule has 0 radical (unpaired) electrons. The number of rotatable bonds is 7. The van der Waals surface area contributed by atoms with E-state index in [0.29, 0.717) is 12.5 Å². The van der Waals surface area contributed by atoms with Crippen LogP contribution in [0.3, 0.4) is 0 Å². The second kappa shape index (κ2) is 9.59. The molecule has 1 unspecified atom stereocenters. The molecular weight excluding hydrogens is 377 g/mol. The van der Waals surface area contributed by atoms with E-state index in [4.69, 9.17) is 0 Å². The number of pyridine rings is 1. The lowest BCUT2D eigenvalue weighted by Crippen LogP contribution is -2.42. The van der Waals surface area contributed by atoms with Crippen molar-refractivity contribution in [2.45, 2.75) is 39.0 Å². The summed E-state index contributed by atoms with van der Waals surface area (Å²) >= 11 is 1.77. The number of nitrogens with one attached hydrogen (secondary N) is 2. The number of aryl methyl sites for hydroxylation is 1. The molecule has 0 saturated heterocycles. The molecule has 2 N–H and O–H groups in total. The van der Waals surface area contributed by atoms with Crippen LogP contribution in [0.25, 0.3) is 0 Å². The number of halogens is 3. The molecule has 0 aliphatic heterocycles. The van der Waals surface area contributed by atoms with E-state index in [9.17, 15) is 13.2 Å². The van der Waals surface area contributed by atoms with E-state index in [1.54, 1.807) is 24.5 Å². The number of nitrogens with zero attached hydrogens (tertiary/aromatic N) is 2. The summed E-state index contributed by atoms with van der Waals surface area (Å²) in [6.07, 6.45) is -2.09. The van der Waals surface area contributed by atoms with Gasteiger partial charge in [-0.05, 0) is 37.6 Å². The summed E-state index contributed by atoms with van der Waals surface area (Å²) in [4.78, 5) is 10.5. The molecule has 5 nitrogen and oxygen atoms in total. The number of hydrogen-bond donors (Lipinski definition) is 2. The molecule has 2 aromatic rings. The summed E-state index contributed by atoms with van der Waals surface area (Å²) in [5, 5.41) is 6.45. The fourth-order valence-electron chi connectivity index (χ4n) is 2.36. The average molecular weight is 400 g/mol. The Kier molecular flexibility index (Phi) is 7.46. The SMILES string of the molecule is CN=C(NCc1ccnc(OCC(F)(F)F)c1)NC(C)Cc1ccc(C)s1. The zero-order valence-electron chi connectivity index (χ0n) is 15.4. The number of aliphatic imine (C=N–C) groups is 1. The highest BCUT2D eigenvalue weighted by atomic mass is 32.1. The number of aromatic nitrogens is 1. The average Bonchev–Trinajstić information content (AvgIpc) is 3.01. The van der Waals surface area contributed by atoms with Gasteiger partial charge in [-0.3, -0.25) is 4.99 Å². The minimum absolute atomic E-state index is 0.0593. The molecule has 0 saturated carbocycles. The van der Waals surface area contributed by atoms with Crippen molar-refractivity contribution in [3.63, 3.8) is 0 Å². The van der Waals surface area contributed by atoms with E-state index in [1.165, 1.54) is 22.0 Å². The topological polar surface area (TPSA) is 58.5 Å². The standard InChI is InChI=1S/C18H23F3N4OS/c1-12(8-15-5-4-13(2)27-15)25-17(22-3)24-10-14-6-7-23-16(9-14)26-11-18(19,20)21/h4-7,9,12H,8,10-11H2,1-3H3,(H2,22,24,25). The Balaban J connectivity index is 1.84. The number of alkyl halides is 3. The highest BCUT2D eigenvalue weighted by Crippen LogP contribution is 2.18. The van der Waals surface area contributed by atoms with Gasteiger partial charge in [0, 0.05) is 48.1 Å². The van der Waals surface area contributed by atoms with Crippen LogP contribution in [-0.4, -0.2) is 36.8 Å². The van der Waals surface area contributed by atoms with Gasteiger partial charge >= 0.3 is 6.18 Å². The van der Waals surface area contributed by atoms with Crippen molar-refractivity contribution in [3.8, 4) is 5.88 Å². The highest BCUT2D eigenvalue weighted by Gasteiger charge is 2.28. The molecule has 0 spiro atoms. The maximum Gasteiger partial charge on any atom is 0.422 e. The Morgan fingerprint density at radius 1 is 1.33 bits per heavy atom. The maximum absolute atomic E-state index is 12.2. The van der Waals surface area contributed by atoms with Crippen LogP contribution < -0.4 is 15.4 Å². The van der Waals surface area contributed by atoms with Crippen LogP contribution in [0.15, 0.2) is 35.5 Å². The third kappa shape index (κ3) is 7.86. The Morgan fingerprint density at radius 2 is 2.11 bits per heavy atom. The van der Waals surface area contributed by atoms with Crippen molar-refractivity contribution in [2.24, 2.45) is 4.99 Å². The van der Waals surface area contributed by atoms with Crippen LogP contribution in [0, 0.1) is 6.92 Å². The highest BCUT2D eigenvalue weighted by molar-refractivity contribution is 7.11. The molecule has 148 valence electrons. The largest absolute Gasteiger partial charge is 0.468 e. The molecule has 0 aliphatic rings. The van der Waals surface area contributed by atoms with Gasteiger partial charge in [0.2, 0.25) is 5.88 Å². The summed E-state index contributed by atoms with van der Waals surface area (Å²) in [7, 11) is 1.67. The second-order valence-corrected chi connectivity index (χ2v) is 7.47. The van der Waals surface area contributed by atoms with Gasteiger partial charge in [-0.1, -0.05) is 0 Å². The van der Waals surface area contributed by atoms with Crippen molar-refractivity contribution in [2.75, 3.05) is 13.7 Å². The predicted molar refractivity (Wildman–Crippen MR) is 101 cm³/mol. The first-order valence-electron chi connectivity index (χ1n) is 8.42. The first kappa shape index (κ1) is 21.0. The smallest absolute Gasteiger partial charge is 0.422 e. The zero-order chi connectivity index (χ0) is 19.9. The van der Waals surface area contributed by atoms with Gasteiger partial charge in [0.05, 0.1) is 0 Å². The Morgan fingerprint density at radius 3 is 2.74 bits per heavy atom. The number of thiophene rings is 1. The first-order valence-corrected chi connectivity index (χ1v) is 9.24. The van der Waals surface area contributed by atoms with Gasteiger partial charge in [-0.2, -0.15) is 13.2 Å². The fraction of sp³-hybridized carbons (Fsp3) is 0.444. The van der Waals surface area contributed by atoms with Crippen LogP contribution in [0.1, 0.15) is 22.2 Å². The van der Waals surface area contributed by atoms with Gasteiger partial charge in [0.25, 0.3) is 0 Å². The molecule has 0 amide bonds. The van der Waals surface area contributed by atoms with E-state index >= 15 is 0 Å². The normalized spacial score (nSPS) is 13.3. The fourth-order valence-corrected chi connectivity index (χ4v) is 3.38. The molecule has 2 heterocycles. The van der Waals surface area contributed by atoms with Gasteiger partial charge in [0.1, 0.15) is 0 Å². The quantitative estimate of drug-likeness (QED) is 0.550. The Bertz CT molecular complexity index is 761. The minimum atomic E-state index is -4.39. The summed E-state index contributed by atoms with van der Waals surface area (Å²) in [6.45, 7) is 3.17. The monoisotopic (exact) mass is 400 g/mol. The summed E-state index contributed by atoms with van der Waals surface area (Å²) in [6, 6.07) is 7.58. The van der Waals surface area contributed by atoms with Crippen LogP contribution in [0.4, 0.5) is 13.2 Å². The molecule has 0 aliphatic carbocycles. The Labute approximate surface area is 160 Å². The molecule has 0 fully saturated rings. The molecule has 2 aromatic heterocycles. The van der Waals surface area contributed by atoms with Gasteiger partial charge in [-0.25, -0.2) is 4.98 Å². The van der Waals surface area contributed by atoms with Crippen molar-refractivity contribution in [1.29, 1.82) is 0 Å². The minimum Gasteiger partial charge on any atom is -0.468 e. The molecule has 2 rings (SSSR count). The van der Waals surface area contributed by atoms with Crippen LogP contribution in [-0.2, 0) is 13.0 Å². The van der Waals surface area contributed by atoms with Gasteiger partial charge in [-0.15, -0.1) is 11.3 Å². The summed E-state index contributed by atoms with van der Waals surface area (Å²) in [5.74, 6) is 0.557. The lowest BCUT2D eigenvalue weighted by molar-refractivity contribution is -0.154. The Hall–Kier alpha value is -2.29. The molecule has 1 atom stereocenters. The van der Waals surface area contributed by atoms with Crippen LogP contribution in [0.2, 0.25) is 0 Å². The molecular formula is C18H23F3N4OS. The van der Waals surface area contributed by atoms with Crippen molar-refractivity contribution in [1.82, 2.24) is 15.6 Å². The van der Waals surface area contributed by atoms with Crippen LogP contribution >= 0.6 is 11.3 Å². The third-order valence-electron chi connectivity index (χ3n) is 3.55. The lowest BCUT2D eigenvalue weighted by atomic mass is 10.2. The van der Waals surface area contributed by atoms with Crippen LogP contribution in [0.5, 0.6) is 5.88 Å². The van der Waals surface area contributed by atoms with E-state index in [2.05, 4.69) is 51.3 Å². The maximum atomic E-state index is 12.2. The zero-order valence-corrected chi connectivity index (χ0v) is 16.2. The predicted octanol–water partition coefficient (Wildman–Crippen LogP) is 3.69. The molecule has 0 bridgehead atoms. The number of hydrogen-bond acceptors (Lipinski definition) is 4. The van der Waals surface area contributed by atoms with E-state index in [1.807, 2.05) is 0 Å².